The van der Waals surface area contributed by atoms with E-state index in [1.54, 1.807) is 0 Å². The van der Waals surface area contributed by atoms with Crippen LogP contribution in [-0.2, 0) is 33.3 Å². The molecular weight excluding hydrogens is 1050 g/mol. The molecule has 0 saturated carbocycles. The van der Waals surface area contributed by atoms with Crippen LogP contribution in [0.5, 0.6) is 0 Å². The number of esters is 2. The highest BCUT2D eigenvalue weighted by Crippen LogP contribution is 2.18. The quantitative estimate of drug-likeness (QED) is 0.0211. The van der Waals surface area contributed by atoms with E-state index in [2.05, 4.69) is 74.6 Å². The van der Waals surface area contributed by atoms with Gasteiger partial charge in [0.05, 0.1) is 34.4 Å². The first-order chi connectivity index (χ1) is 41.6. The van der Waals surface area contributed by atoms with Crippen LogP contribution in [0.1, 0.15) is 348 Å². The normalized spacial score (nSPS) is 13.0. The summed E-state index contributed by atoms with van der Waals surface area (Å²) in [5.74, 6) is -1.98. The number of quaternary nitrogens is 1. The highest BCUT2D eigenvalue weighted by atomic mass is 16.7. The van der Waals surface area contributed by atoms with E-state index >= 15 is 0 Å². The lowest BCUT2D eigenvalue weighted by Gasteiger charge is -2.25. The van der Waals surface area contributed by atoms with Gasteiger partial charge < -0.3 is 28.5 Å². The van der Waals surface area contributed by atoms with Gasteiger partial charge in [-0.25, -0.2) is 4.79 Å². The molecule has 0 aromatic carbocycles. The van der Waals surface area contributed by atoms with E-state index < -0.39 is 18.4 Å². The molecule has 0 amide bonds. The fourth-order valence-corrected chi connectivity index (χ4v) is 10.6. The first-order valence-corrected chi connectivity index (χ1v) is 36.5. The second kappa shape index (κ2) is 66.9. The largest absolute Gasteiger partial charge is 0.477 e. The standard InChI is InChI=1S/C76H139NO8/c1-6-8-10-12-14-16-18-20-22-24-26-28-30-32-34-35-36-37-38-39-41-43-45-47-49-51-53-55-57-59-61-63-65-67-74(79)85-72(71-84-76(75(80)81)82-69-68-77(3,4)5)70-83-73(78)66-64-62-60-58-56-54-52-50-48-46-44-42-40-33-31-29-27-25-23-21-19-17-15-13-11-9-7-2/h18-21,24-27,30,32,72,76H,6-17,22-23,28-29,31,33-71H2,1-5H3/p+1/b20-18-,21-19-,26-24-,27-25-,32-30-. The Bertz CT molecular complexity index is 1580. The van der Waals surface area contributed by atoms with Crippen LogP contribution in [0.15, 0.2) is 60.8 Å². The van der Waals surface area contributed by atoms with Gasteiger partial charge in [0.2, 0.25) is 0 Å². The van der Waals surface area contributed by atoms with Crippen molar-refractivity contribution in [1.29, 1.82) is 0 Å². The Morgan fingerprint density at radius 1 is 0.353 bits per heavy atom. The van der Waals surface area contributed by atoms with Gasteiger partial charge in [-0.05, 0) is 83.5 Å². The lowest BCUT2D eigenvalue weighted by Crippen LogP contribution is -2.40. The molecule has 1 N–H and O–H groups in total. The number of rotatable bonds is 68. The van der Waals surface area contributed by atoms with Crippen LogP contribution in [0.4, 0.5) is 0 Å². The van der Waals surface area contributed by atoms with Crippen molar-refractivity contribution < 1.29 is 42.9 Å². The molecule has 0 aromatic heterocycles. The van der Waals surface area contributed by atoms with Gasteiger partial charge in [-0.1, -0.05) is 312 Å². The first-order valence-electron chi connectivity index (χ1n) is 36.5. The zero-order valence-electron chi connectivity index (χ0n) is 56.8. The zero-order chi connectivity index (χ0) is 61.9. The predicted molar refractivity (Wildman–Crippen MR) is 364 cm³/mol. The Morgan fingerprint density at radius 2 is 0.635 bits per heavy atom. The molecule has 0 aliphatic heterocycles. The van der Waals surface area contributed by atoms with Gasteiger partial charge in [0.15, 0.2) is 6.10 Å². The molecule has 85 heavy (non-hydrogen) atoms. The summed E-state index contributed by atoms with van der Waals surface area (Å²) in [7, 11) is 5.99. The summed E-state index contributed by atoms with van der Waals surface area (Å²) in [5, 5.41) is 9.75. The Morgan fingerprint density at radius 3 is 0.941 bits per heavy atom. The SMILES string of the molecule is CCCCCCC/C=C\C/C=C\C/C=C\CCCCCCCCCCCCCCCCCCCCC(=O)OC(COC(=O)CCCCCCCCCCCCCCCCC/C=C\C/C=C\CCCCCCC)COC(OCC[N+](C)(C)C)C(=O)O. The summed E-state index contributed by atoms with van der Waals surface area (Å²) < 4.78 is 23.0. The van der Waals surface area contributed by atoms with Gasteiger partial charge in [0.25, 0.3) is 6.29 Å². The molecule has 496 valence electrons. The van der Waals surface area contributed by atoms with Crippen molar-refractivity contribution in [2.75, 3.05) is 47.5 Å². The summed E-state index contributed by atoms with van der Waals surface area (Å²) in [6, 6.07) is 0. The number of carbonyl (C=O) groups excluding carboxylic acids is 2. The molecule has 0 spiro atoms. The van der Waals surface area contributed by atoms with Crippen LogP contribution in [0.2, 0.25) is 0 Å². The number of ether oxygens (including phenoxy) is 4. The number of carboxylic acid groups (broad SMARTS) is 1. The Balaban J connectivity index is 4.06. The third kappa shape index (κ3) is 68.3. The lowest BCUT2D eigenvalue weighted by atomic mass is 10.0. The summed E-state index contributed by atoms with van der Waals surface area (Å²) >= 11 is 0. The molecule has 2 unspecified atom stereocenters. The monoisotopic (exact) mass is 1200 g/mol. The van der Waals surface area contributed by atoms with Crippen molar-refractivity contribution in [3.05, 3.63) is 60.8 Å². The first kappa shape index (κ1) is 82.0. The number of unbranched alkanes of at least 4 members (excludes halogenated alkanes) is 43. The van der Waals surface area contributed by atoms with Crippen LogP contribution in [0.25, 0.3) is 0 Å². The van der Waals surface area contributed by atoms with E-state index in [0.29, 0.717) is 17.4 Å². The van der Waals surface area contributed by atoms with Crippen LogP contribution < -0.4 is 0 Å². The topological polar surface area (TPSA) is 108 Å². The number of hydrogen-bond acceptors (Lipinski definition) is 7. The number of aliphatic carboxylic acids is 1. The van der Waals surface area contributed by atoms with E-state index in [-0.39, 0.29) is 38.2 Å². The van der Waals surface area contributed by atoms with E-state index in [4.69, 9.17) is 18.9 Å². The molecule has 2 atom stereocenters. The summed E-state index contributed by atoms with van der Waals surface area (Å²) in [6.07, 6.45) is 84.8. The third-order valence-corrected chi connectivity index (χ3v) is 16.2. The van der Waals surface area contributed by atoms with Crippen molar-refractivity contribution in [2.24, 2.45) is 0 Å². The molecule has 0 aromatic rings. The molecule has 9 heteroatoms. The summed E-state index contributed by atoms with van der Waals surface area (Å²) in [4.78, 5) is 37.7. The van der Waals surface area contributed by atoms with Crippen molar-refractivity contribution in [1.82, 2.24) is 0 Å². The molecule has 0 aliphatic rings. The van der Waals surface area contributed by atoms with E-state index in [1.807, 2.05) is 21.1 Å². The maximum absolute atomic E-state index is 13.0. The molecule has 0 aliphatic carbocycles. The van der Waals surface area contributed by atoms with Gasteiger partial charge in [-0.15, -0.1) is 0 Å². The molecule has 0 bridgehead atoms. The Hall–Kier alpha value is -3.01. The molecule has 0 rings (SSSR count). The second-order valence-corrected chi connectivity index (χ2v) is 25.9. The highest BCUT2D eigenvalue weighted by Gasteiger charge is 2.25. The third-order valence-electron chi connectivity index (χ3n) is 16.2. The van der Waals surface area contributed by atoms with Gasteiger partial charge in [-0.2, -0.15) is 0 Å². The van der Waals surface area contributed by atoms with Gasteiger partial charge in [-0.3, -0.25) is 9.59 Å². The van der Waals surface area contributed by atoms with E-state index in [9.17, 15) is 19.5 Å². The zero-order valence-corrected chi connectivity index (χ0v) is 56.8. The number of carbonyl (C=O) groups is 3. The van der Waals surface area contributed by atoms with Crippen LogP contribution in [0, 0.1) is 0 Å². The average molecular weight is 1200 g/mol. The molecule has 0 fully saturated rings. The number of nitrogens with zero attached hydrogens (tertiary/aromatic N) is 1. The van der Waals surface area contributed by atoms with Crippen molar-refractivity contribution >= 4 is 17.9 Å². The van der Waals surface area contributed by atoms with E-state index in [1.165, 1.54) is 263 Å². The van der Waals surface area contributed by atoms with Gasteiger partial charge >= 0.3 is 17.9 Å². The average Bonchev–Trinajstić information content (AvgIpc) is 3.49. The lowest BCUT2D eigenvalue weighted by molar-refractivity contribution is -0.870. The van der Waals surface area contributed by atoms with Crippen molar-refractivity contribution in [2.45, 2.75) is 360 Å². The Kier molecular flexibility index (Phi) is 64.6. The molecule has 0 radical (unpaired) electrons. The predicted octanol–water partition coefficient (Wildman–Crippen LogP) is 22.7. The number of hydrogen-bond donors (Lipinski definition) is 1. The fraction of sp³-hybridized carbons (Fsp3) is 0.829. The maximum atomic E-state index is 13.0. The summed E-state index contributed by atoms with van der Waals surface area (Å²) in [5.41, 5.74) is 0. The number of carboxylic acids is 1. The highest BCUT2D eigenvalue weighted by molar-refractivity contribution is 5.71. The summed E-state index contributed by atoms with van der Waals surface area (Å²) in [6.45, 7) is 4.91. The van der Waals surface area contributed by atoms with Gasteiger partial charge in [0, 0.05) is 12.8 Å². The van der Waals surface area contributed by atoms with Crippen LogP contribution >= 0.6 is 0 Å². The molecule has 9 nitrogen and oxygen atoms in total. The number of allylic oxidation sites excluding steroid dienone is 10. The number of likely N-dealkylation sites (N-methyl/N-ethyl adjacent to an activating group) is 1. The Labute approximate surface area is 526 Å². The second-order valence-electron chi connectivity index (χ2n) is 25.9. The molecule has 0 saturated heterocycles. The van der Waals surface area contributed by atoms with Crippen LogP contribution in [0.3, 0.4) is 0 Å². The maximum Gasteiger partial charge on any atom is 0.361 e. The minimum absolute atomic E-state index is 0.179. The van der Waals surface area contributed by atoms with Crippen molar-refractivity contribution in [3.63, 3.8) is 0 Å². The minimum atomic E-state index is -1.51. The fourth-order valence-electron chi connectivity index (χ4n) is 10.6. The van der Waals surface area contributed by atoms with E-state index in [0.717, 1.165) is 57.8 Å². The molecule has 0 heterocycles. The van der Waals surface area contributed by atoms with Crippen LogP contribution in [-0.4, -0.2) is 87.4 Å². The van der Waals surface area contributed by atoms with Gasteiger partial charge in [0.1, 0.15) is 13.2 Å². The smallest absolute Gasteiger partial charge is 0.361 e. The molecular formula is C76H140NO8+. The van der Waals surface area contributed by atoms with Crippen molar-refractivity contribution in [3.8, 4) is 0 Å². The minimum Gasteiger partial charge on any atom is -0.477 e.